The van der Waals surface area contributed by atoms with Crippen LogP contribution >= 0.6 is 15.9 Å². The monoisotopic (exact) mass is 579 g/mol. The van der Waals surface area contributed by atoms with E-state index in [2.05, 4.69) is 49.9 Å². The van der Waals surface area contributed by atoms with Gasteiger partial charge in [-0.1, -0.05) is 58.4 Å². The summed E-state index contributed by atoms with van der Waals surface area (Å²) in [5.41, 5.74) is -0.183. The molecule has 3 aromatic rings. The van der Waals surface area contributed by atoms with E-state index in [1.165, 1.54) is 0 Å². The Morgan fingerprint density at radius 2 is 1.76 bits per heavy atom. The van der Waals surface area contributed by atoms with Crippen molar-refractivity contribution in [2.24, 2.45) is 11.8 Å². The summed E-state index contributed by atoms with van der Waals surface area (Å²) in [6, 6.07) is 18.2. The third kappa shape index (κ3) is 3.72. The van der Waals surface area contributed by atoms with Gasteiger partial charge in [0.1, 0.15) is 17.1 Å². The molecule has 1 aromatic heterocycles. The third-order valence-corrected chi connectivity index (χ3v) is 9.46. The number of nitrogens with zero attached hydrogens (tertiary/aromatic N) is 3. The number of piperazine rings is 1. The first-order valence-electron chi connectivity index (χ1n) is 13.2. The molecule has 3 heterocycles. The largest absolute Gasteiger partial charge is 0.495 e. The summed E-state index contributed by atoms with van der Waals surface area (Å²) in [6.45, 7) is 4.30. The average molecular weight is 581 g/mol. The van der Waals surface area contributed by atoms with Gasteiger partial charge in [0.2, 0.25) is 0 Å². The zero-order valence-corrected chi connectivity index (χ0v) is 23.3. The number of halogens is 1. The number of hydrogen-bond donors (Lipinski definition) is 2. The quantitative estimate of drug-likeness (QED) is 0.462. The molecule has 8 heteroatoms. The van der Waals surface area contributed by atoms with Crippen LogP contribution in [-0.2, 0) is 11.2 Å². The van der Waals surface area contributed by atoms with Gasteiger partial charge in [-0.15, -0.1) is 0 Å². The van der Waals surface area contributed by atoms with Crippen molar-refractivity contribution >= 4 is 15.9 Å². The van der Waals surface area contributed by atoms with Crippen molar-refractivity contribution in [2.45, 2.75) is 17.1 Å². The van der Waals surface area contributed by atoms with E-state index in [0.29, 0.717) is 23.6 Å². The first-order chi connectivity index (χ1) is 18.4. The van der Waals surface area contributed by atoms with Crippen molar-refractivity contribution in [3.63, 3.8) is 0 Å². The lowest BCUT2D eigenvalue weighted by Gasteiger charge is -2.43. The molecule has 0 radical (unpaired) electrons. The molecule has 2 fully saturated rings. The SMILES string of the molecule is COc1cncc2c1[C@]1(O)[C@@H](CN3CCN(C)CC3)[C@H](CO)[C@@H](c3ccccc3)[C@]1(c1ccc(Br)cc1)O2. The summed E-state index contributed by atoms with van der Waals surface area (Å²) in [5, 5.41) is 24.4. The van der Waals surface area contributed by atoms with Crippen LogP contribution < -0.4 is 9.47 Å². The van der Waals surface area contributed by atoms with Crippen molar-refractivity contribution in [2.75, 3.05) is 53.5 Å². The fraction of sp³-hybridized carbons (Fsp3) is 0.433. The molecular formula is C30H34BrN3O4. The zero-order valence-electron chi connectivity index (χ0n) is 21.8. The minimum absolute atomic E-state index is 0.0787. The maximum Gasteiger partial charge on any atom is 0.174 e. The number of aliphatic hydroxyl groups is 2. The predicted octanol–water partition coefficient (Wildman–Crippen LogP) is 3.60. The van der Waals surface area contributed by atoms with E-state index in [-0.39, 0.29) is 24.4 Å². The van der Waals surface area contributed by atoms with Gasteiger partial charge in [0.15, 0.2) is 5.60 Å². The smallest absolute Gasteiger partial charge is 0.174 e. The lowest BCUT2D eigenvalue weighted by atomic mass is 9.70. The van der Waals surface area contributed by atoms with Gasteiger partial charge < -0.3 is 29.5 Å². The maximum atomic E-state index is 13.4. The molecule has 0 unspecified atom stereocenters. The molecule has 7 nitrogen and oxygen atoms in total. The maximum absolute atomic E-state index is 13.4. The number of hydrogen-bond acceptors (Lipinski definition) is 7. The second-order valence-electron chi connectivity index (χ2n) is 10.8. The summed E-state index contributed by atoms with van der Waals surface area (Å²) in [4.78, 5) is 9.11. The first-order valence-corrected chi connectivity index (χ1v) is 14.0. The standard InChI is InChI=1S/C30H34BrN3O4/c1-33-12-14-34(15-13-33)18-24-23(19-35)27(20-6-4-3-5-7-20)30(21-8-10-22(31)11-9-21)29(24,36)28-25(37-2)16-32-17-26(28)38-30/h3-11,16-17,23-24,27,35-36H,12-15,18-19H2,1-2H3/t23-,24-,27+,29+,30-/m0/s1. The van der Waals surface area contributed by atoms with Gasteiger partial charge in [-0.3, -0.25) is 4.98 Å². The Bertz CT molecular complexity index is 1280. The van der Waals surface area contributed by atoms with Crippen molar-refractivity contribution in [3.05, 3.63) is 88.2 Å². The topological polar surface area (TPSA) is 78.3 Å². The molecule has 5 atom stereocenters. The number of rotatable bonds is 6. The lowest BCUT2D eigenvalue weighted by Crippen LogP contribution is -2.54. The Morgan fingerprint density at radius 1 is 1.05 bits per heavy atom. The number of benzene rings is 2. The van der Waals surface area contributed by atoms with Crippen LogP contribution in [0.5, 0.6) is 11.5 Å². The van der Waals surface area contributed by atoms with Crippen LogP contribution in [0.1, 0.15) is 22.6 Å². The Balaban J connectivity index is 1.62. The van der Waals surface area contributed by atoms with Gasteiger partial charge in [-0.05, 0) is 30.3 Å². The number of fused-ring (bicyclic) bond motifs is 3. The Hall–Kier alpha value is -2.49. The van der Waals surface area contributed by atoms with E-state index in [4.69, 9.17) is 9.47 Å². The summed E-state index contributed by atoms with van der Waals surface area (Å²) in [7, 11) is 3.74. The molecule has 0 spiro atoms. The lowest BCUT2D eigenvalue weighted by molar-refractivity contribution is -0.133. The van der Waals surface area contributed by atoms with Gasteiger partial charge in [0, 0.05) is 61.6 Å². The fourth-order valence-electron chi connectivity index (χ4n) is 7.18. The highest BCUT2D eigenvalue weighted by Gasteiger charge is 2.76. The molecule has 3 aliphatic rings. The number of aliphatic hydroxyl groups excluding tert-OH is 1. The second-order valence-corrected chi connectivity index (χ2v) is 11.7. The summed E-state index contributed by atoms with van der Waals surface area (Å²) in [6.07, 6.45) is 3.33. The van der Waals surface area contributed by atoms with Crippen LogP contribution in [0.4, 0.5) is 0 Å². The minimum Gasteiger partial charge on any atom is -0.495 e. The molecule has 200 valence electrons. The molecule has 38 heavy (non-hydrogen) atoms. The first kappa shape index (κ1) is 25.8. The number of ether oxygens (including phenoxy) is 2. The van der Waals surface area contributed by atoms with Crippen LogP contribution in [0.2, 0.25) is 0 Å². The molecule has 2 aliphatic heterocycles. The molecule has 2 N–H and O–H groups in total. The molecule has 1 saturated carbocycles. The highest BCUT2D eigenvalue weighted by Crippen LogP contribution is 2.71. The van der Waals surface area contributed by atoms with Crippen LogP contribution in [-0.4, -0.2) is 78.5 Å². The van der Waals surface area contributed by atoms with E-state index < -0.39 is 11.2 Å². The second kappa shape index (κ2) is 9.92. The van der Waals surface area contributed by atoms with E-state index in [1.54, 1.807) is 19.5 Å². The van der Waals surface area contributed by atoms with Crippen molar-refractivity contribution in [1.82, 2.24) is 14.8 Å². The highest BCUT2D eigenvalue weighted by molar-refractivity contribution is 9.10. The number of methoxy groups -OCH3 is 1. The molecular weight excluding hydrogens is 546 g/mol. The normalized spacial score (nSPS) is 31.0. The van der Waals surface area contributed by atoms with Gasteiger partial charge in [0.25, 0.3) is 0 Å². The molecule has 2 aromatic carbocycles. The van der Waals surface area contributed by atoms with Gasteiger partial charge in [0.05, 0.1) is 25.1 Å². The molecule has 0 bridgehead atoms. The molecule has 1 aliphatic carbocycles. The molecule has 0 amide bonds. The summed E-state index contributed by atoms with van der Waals surface area (Å²) < 4.78 is 13.7. The van der Waals surface area contributed by atoms with Gasteiger partial charge >= 0.3 is 0 Å². The van der Waals surface area contributed by atoms with Crippen molar-refractivity contribution < 1.29 is 19.7 Å². The summed E-state index contributed by atoms with van der Waals surface area (Å²) >= 11 is 3.57. The van der Waals surface area contributed by atoms with Crippen molar-refractivity contribution in [1.29, 1.82) is 0 Å². The molecule has 1 saturated heterocycles. The third-order valence-electron chi connectivity index (χ3n) is 8.93. The van der Waals surface area contributed by atoms with E-state index >= 15 is 0 Å². The highest BCUT2D eigenvalue weighted by atomic mass is 79.9. The average Bonchev–Trinajstić information content (AvgIpc) is 3.33. The number of likely N-dealkylation sites (N-methyl/N-ethyl adjacent to an activating group) is 1. The van der Waals surface area contributed by atoms with Crippen LogP contribution in [0.25, 0.3) is 0 Å². The van der Waals surface area contributed by atoms with Crippen LogP contribution in [0, 0.1) is 11.8 Å². The zero-order chi connectivity index (χ0) is 26.5. The van der Waals surface area contributed by atoms with E-state index in [1.807, 2.05) is 42.5 Å². The van der Waals surface area contributed by atoms with Crippen molar-refractivity contribution in [3.8, 4) is 11.5 Å². The molecule has 6 rings (SSSR count). The Labute approximate surface area is 232 Å². The van der Waals surface area contributed by atoms with E-state index in [9.17, 15) is 10.2 Å². The summed E-state index contributed by atoms with van der Waals surface area (Å²) in [5.74, 6) is 0.0988. The predicted molar refractivity (Wildman–Crippen MR) is 148 cm³/mol. The Kier molecular flexibility index (Phi) is 6.73. The minimum atomic E-state index is -1.48. The van der Waals surface area contributed by atoms with E-state index in [0.717, 1.165) is 41.8 Å². The van der Waals surface area contributed by atoms with Crippen LogP contribution in [0.3, 0.4) is 0 Å². The fourth-order valence-corrected chi connectivity index (χ4v) is 7.44. The number of aromatic nitrogens is 1. The van der Waals surface area contributed by atoms with Gasteiger partial charge in [-0.25, -0.2) is 0 Å². The Morgan fingerprint density at radius 3 is 2.42 bits per heavy atom. The van der Waals surface area contributed by atoms with Crippen LogP contribution in [0.15, 0.2) is 71.5 Å². The van der Waals surface area contributed by atoms with Gasteiger partial charge in [-0.2, -0.15) is 0 Å². The number of pyridine rings is 1.